The molecule has 0 fully saturated rings. The highest BCUT2D eigenvalue weighted by Gasteiger charge is 2.42. The van der Waals surface area contributed by atoms with E-state index in [2.05, 4.69) is 0 Å². The Morgan fingerprint density at radius 3 is 2.15 bits per heavy atom. The van der Waals surface area contributed by atoms with E-state index in [0.717, 1.165) is 18.4 Å². The lowest BCUT2D eigenvalue weighted by Crippen LogP contribution is -2.30. The van der Waals surface area contributed by atoms with Crippen LogP contribution in [0.5, 0.6) is 5.75 Å². The Kier molecular flexibility index (Phi) is 6.00. The SMILES string of the molecule is O=C1CCCC2=C1C(c1cc(Cl)ccc1OCc1ccc(C(=O)O)cc1)C1=C(CCCC1=O)O2. The van der Waals surface area contributed by atoms with Crippen molar-refractivity contribution in [3.63, 3.8) is 0 Å². The average Bonchev–Trinajstić information content (AvgIpc) is 2.82. The standard InChI is InChI=1S/C27H23ClO6/c28-17-11-12-21(33-14-15-7-9-16(10-8-15)27(31)32)18(13-17)24-25-19(29)3-1-5-22(25)34-23-6-2-4-20(30)26(23)24/h7-13,24H,1-6,14H2,(H,31,32). The molecular formula is C27H23ClO6. The number of Topliss-reactive ketones (excluding diaryl/α,β-unsaturated/α-hetero) is 2. The summed E-state index contributed by atoms with van der Waals surface area (Å²) in [5.41, 5.74) is 2.74. The lowest BCUT2D eigenvalue weighted by molar-refractivity contribution is -0.117. The molecule has 0 saturated heterocycles. The van der Waals surface area contributed by atoms with Gasteiger partial charge in [-0.1, -0.05) is 23.7 Å². The molecule has 0 unspecified atom stereocenters. The zero-order valence-electron chi connectivity index (χ0n) is 18.4. The largest absolute Gasteiger partial charge is 0.489 e. The molecule has 0 atom stereocenters. The highest BCUT2D eigenvalue weighted by Crippen LogP contribution is 2.50. The summed E-state index contributed by atoms with van der Waals surface area (Å²) in [6, 6.07) is 11.7. The maximum atomic E-state index is 13.1. The number of carboxylic acid groups (broad SMARTS) is 1. The van der Waals surface area contributed by atoms with Crippen LogP contribution in [0.4, 0.5) is 0 Å². The van der Waals surface area contributed by atoms with Crippen molar-refractivity contribution in [2.45, 2.75) is 51.0 Å². The first-order valence-electron chi connectivity index (χ1n) is 11.4. The molecule has 1 N–H and O–H groups in total. The fourth-order valence-electron chi connectivity index (χ4n) is 4.91. The van der Waals surface area contributed by atoms with Crippen LogP contribution in [0.25, 0.3) is 0 Å². The van der Waals surface area contributed by atoms with E-state index in [1.165, 1.54) is 12.1 Å². The van der Waals surface area contributed by atoms with Crippen LogP contribution in [0, 0.1) is 0 Å². The van der Waals surface area contributed by atoms with Gasteiger partial charge in [0, 0.05) is 47.4 Å². The quantitative estimate of drug-likeness (QED) is 0.588. The van der Waals surface area contributed by atoms with Gasteiger partial charge in [0.05, 0.1) is 11.5 Å². The lowest BCUT2D eigenvalue weighted by Gasteiger charge is -2.36. The molecule has 174 valence electrons. The summed E-state index contributed by atoms with van der Waals surface area (Å²) < 4.78 is 12.3. The molecule has 0 amide bonds. The van der Waals surface area contributed by atoms with Crippen molar-refractivity contribution < 1.29 is 29.0 Å². The van der Waals surface area contributed by atoms with Gasteiger partial charge in [-0.05, 0) is 48.7 Å². The van der Waals surface area contributed by atoms with Crippen LogP contribution in [0.1, 0.15) is 65.9 Å². The molecule has 0 spiro atoms. The molecule has 3 aliphatic rings. The van der Waals surface area contributed by atoms with Crippen LogP contribution in [-0.4, -0.2) is 22.6 Å². The van der Waals surface area contributed by atoms with E-state index in [-0.39, 0.29) is 23.7 Å². The fourth-order valence-corrected chi connectivity index (χ4v) is 5.09. The zero-order valence-corrected chi connectivity index (χ0v) is 19.2. The Balaban J connectivity index is 1.55. The summed E-state index contributed by atoms with van der Waals surface area (Å²) in [5, 5.41) is 9.59. The number of hydrogen-bond donors (Lipinski definition) is 1. The van der Waals surface area contributed by atoms with E-state index in [1.54, 1.807) is 30.3 Å². The smallest absolute Gasteiger partial charge is 0.335 e. The number of hydrogen-bond acceptors (Lipinski definition) is 5. The maximum absolute atomic E-state index is 13.1. The summed E-state index contributed by atoms with van der Waals surface area (Å²) in [6.45, 7) is 0.192. The normalized spacial score (nSPS) is 18.4. The van der Waals surface area contributed by atoms with Crippen LogP contribution in [0.15, 0.2) is 65.1 Å². The van der Waals surface area contributed by atoms with Crippen LogP contribution in [0.3, 0.4) is 0 Å². The minimum absolute atomic E-state index is 0.00800. The van der Waals surface area contributed by atoms with Crippen molar-refractivity contribution in [3.8, 4) is 5.75 Å². The predicted molar refractivity (Wildman–Crippen MR) is 125 cm³/mol. The average molecular weight is 479 g/mol. The first kappa shape index (κ1) is 22.4. The van der Waals surface area contributed by atoms with Crippen LogP contribution >= 0.6 is 11.6 Å². The molecule has 7 heteroatoms. The second-order valence-corrected chi connectivity index (χ2v) is 9.17. The number of carbonyl (C=O) groups excluding carboxylic acids is 2. The number of allylic oxidation sites excluding steroid dienone is 4. The molecule has 2 aromatic carbocycles. The van der Waals surface area contributed by atoms with E-state index in [9.17, 15) is 14.4 Å². The van der Waals surface area contributed by atoms with Gasteiger partial charge in [-0.2, -0.15) is 0 Å². The summed E-state index contributed by atoms with van der Waals surface area (Å²) in [7, 11) is 0. The van der Waals surface area contributed by atoms with Gasteiger partial charge in [-0.15, -0.1) is 0 Å². The second kappa shape index (κ2) is 9.11. The third-order valence-electron chi connectivity index (χ3n) is 6.52. The van der Waals surface area contributed by atoms with Crippen LogP contribution < -0.4 is 4.74 Å². The number of aromatic carboxylic acids is 1. The zero-order chi connectivity index (χ0) is 23.8. The van der Waals surface area contributed by atoms with E-state index in [1.807, 2.05) is 0 Å². The van der Waals surface area contributed by atoms with Gasteiger partial charge in [0.25, 0.3) is 0 Å². The Labute approximate surface area is 201 Å². The molecule has 0 radical (unpaired) electrons. The van der Waals surface area contributed by atoms with E-state index in [0.29, 0.717) is 64.7 Å². The van der Waals surface area contributed by atoms with Gasteiger partial charge >= 0.3 is 5.97 Å². The Bertz CT molecular complexity index is 1210. The Morgan fingerprint density at radius 2 is 1.56 bits per heavy atom. The molecule has 2 aliphatic carbocycles. The first-order valence-corrected chi connectivity index (χ1v) is 11.7. The highest BCUT2D eigenvalue weighted by molar-refractivity contribution is 6.30. The third kappa shape index (κ3) is 4.14. The van der Waals surface area contributed by atoms with Crippen molar-refractivity contribution >= 4 is 29.1 Å². The predicted octanol–water partition coefficient (Wildman–Crippen LogP) is 5.75. The van der Waals surface area contributed by atoms with Crippen molar-refractivity contribution in [2.24, 2.45) is 0 Å². The van der Waals surface area contributed by atoms with E-state index in [4.69, 9.17) is 26.2 Å². The molecule has 1 aliphatic heterocycles. The minimum Gasteiger partial charge on any atom is -0.489 e. The van der Waals surface area contributed by atoms with Gasteiger partial charge in [-0.3, -0.25) is 9.59 Å². The van der Waals surface area contributed by atoms with Gasteiger partial charge in [0.2, 0.25) is 0 Å². The van der Waals surface area contributed by atoms with Crippen molar-refractivity contribution in [3.05, 3.63) is 86.8 Å². The van der Waals surface area contributed by atoms with Gasteiger partial charge in [0.1, 0.15) is 23.9 Å². The maximum Gasteiger partial charge on any atom is 0.335 e. The summed E-state index contributed by atoms with van der Waals surface area (Å²) in [6.07, 6.45) is 3.62. The van der Waals surface area contributed by atoms with Gasteiger partial charge < -0.3 is 14.6 Å². The Morgan fingerprint density at radius 1 is 0.941 bits per heavy atom. The molecule has 6 nitrogen and oxygen atoms in total. The summed E-state index contributed by atoms with van der Waals surface area (Å²) in [5.74, 6) is 0.262. The molecular weight excluding hydrogens is 456 g/mol. The van der Waals surface area contributed by atoms with E-state index >= 15 is 0 Å². The fraction of sp³-hybridized carbons (Fsp3) is 0.296. The molecule has 34 heavy (non-hydrogen) atoms. The minimum atomic E-state index is -0.991. The highest BCUT2D eigenvalue weighted by atomic mass is 35.5. The van der Waals surface area contributed by atoms with Gasteiger partial charge in [-0.25, -0.2) is 4.79 Å². The summed E-state index contributed by atoms with van der Waals surface area (Å²) in [4.78, 5) is 37.2. The Hall–Kier alpha value is -3.38. The molecule has 0 bridgehead atoms. The first-order chi connectivity index (χ1) is 16.4. The molecule has 5 rings (SSSR count). The molecule has 0 saturated carbocycles. The number of ketones is 2. The molecule has 1 heterocycles. The number of carbonyl (C=O) groups is 3. The second-order valence-electron chi connectivity index (χ2n) is 8.74. The summed E-state index contributed by atoms with van der Waals surface area (Å²) >= 11 is 6.38. The number of carboxylic acids is 1. The third-order valence-corrected chi connectivity index (χ3v) is 6.75. The van der Waals surface area contributed by atoms with Crippen molar-refractivity contribution in [1.29, 1.82) is 0 Å². The molecule has 0 aromatic heterocycles. The number of rotatable bonds is 5. The number of benzene rings is 2. The van der Waals surface area contributed by atoms with Crippen LogP contribution in [-0.2, 0) is 20.9 Å². The van der Waals surface area contributed by atoms with Gasteiger partial charge in [0.15, 0.2) is 11.6 Å². The van der Waals surface area contributed by atoms with E-state index < -0.39 is 11.9 Å². The monoisotopic (exact) mass is 478 g/mol. The number of halogens is 1. The van der Waals surface area contributed by atoms with Crippen molar-refractivity contribution in [2.75, 3.05) is 0 Å². The lowest BCUT2D eigenvalue weighted by atomic mass is 9.73. The van der Waals surface area contributed by atoms with Crippen LogP contribution in [0.2, 0.25) is 5.02 Å². The topological polar surface area (TPSA) is 89.9 Å². The molecule has 2 aromatic rings. The number of ether oxygens (including phenoxy) is 2. The van der Waals surface area contributed by atoms with Crippen molar-refractivity contribution in [1.82, 2.24) is 0 Å².